The van der Waals surface area contributed by atoms with Crippen LogP contribution < -0.4 is 5.73 Å². The number of nitrogens with zero attached hydrogens (tertiary/aromatic N) is 3. The summed E-state index contributed by atoms with van der Waals surface area (Å²) in [6.45, 7) is 7.25. The maximum Gasteiger partial charge on any atom is 0.123 e. The van der Waals surface area contributed by atoms with E-state index in [4.69, 9.17) is 5.73 Å². The average molecular weight is 262 g/mol. The van der Waals surface area contributed by atoms with Gasteiger partial charge in [0.1, 0.15) is 5.82 Å². The molecule has 1 heterocycles. The maximum atomic E-state index is 12.9. The van der Waals surface area contributed by atoms with Crippen LogP contribution in [0, 0.1) is 5.82 Å². The van der Waals surface area contributed by atoms with Gasteiger partial charge in [-0.1, -0.05) is 38.1 Å². The van der Waals surface area contributed by atoms with Crippen molar-refractivity contribution in [2.45, 2.75) is 39.3 Å². The molecule has 1 aromatic carbocycles. The molecule has 0 fully saturated rings. The van der Waals surface area contributed by atoms with Gasteiger partial charge in [0.25, 0.3) is 0 Å². The number of nitrogens with two attached hydrogens (primary N) is 1. The normalized spacial score (nSPS) is 11.8. The van der Waals surface area contributed by atoms with Crippen molar-refractivity contribution in [3.8, 4) is 0 Å². The van der Waals surface area contributed by atoms with Gasteiger partial charge in [-0.15, -0.1) is 5.10 Å². The highest BCUT2D eigenvalue weighted by Crippen LogP contribution is 2.25. The van der Waals surface area contributed by atoms with Crippen molar-refractivity contribution in [3.05, 3.63) is 47.0 Å². The fourth-order valence-electron chi connectivity index (χ4n) is 2.18. The number of halogens is 1. The van der Waals surface area contributed by atoms with E-state index >= 15 is 0 Å². The number of hydrogen-bond acceptors (Lipinski definition) is 3. The molecule has 1 aromatic heterocycles. The molecule has 2 N–H and O–H groups in total. The van der Waals surface area contributed by atoms with Crippen LogP contribution >= 0.6 is 0 Å². The second-order valence-corrected chi connectivity index (χ2v) is 5.62. The van der Waals surface area contributed by atoms with Crippen molar-refractivity contribution in [2.75, 3.05) is 0 Å². The quantitative estimate of drug-likeness (QED) is 0.922. The Morgan fingerprint density at radius 3 is 2.37 bits per heavy atom. The Kier molecular flexibility index (Phi) is 3.66. The average Bonchev–Trinajstić information content (AvgIpc) is 2.75. The molecule has 0 aliphatic carbocycles. The van der Waals surface area contributed by atoms with Crippen LogP contribution in [0.25, 0.3) is 0 Å². The Morgan fingerprint density at radius 2 is 1.84 bits per heavy atom. The minimum atomic E-state index is -0.235. The van der Waals surface area contributed by atoms with Gasteiger partial charge in [0.15, 0.2) is 0 Å². The van der Waals surface area contributed by atoms with E-state index in [1.54, 1.807) is 12.1 Å². The maximum absolute atomic E-state index is 12.9. The first-order chi connectivity index (χ1) is 8.91. The van der Waals surface area contributed by atoms with Gasteiger partial charge in [0, 0.05) is 12.0 Å². The van der Waals surface area contributed by atoms with Crippen LogP contribution in [0.3, 0.4) is 0 Å². The number of benzene rings is 1. The summed E-state index contributed by atoms with van der Waals surface area (Å²) in [4.78, 5) is 0. The molecule has 0 amide bonds. The molecule has 102 valence electrons. The Bertz CT molecular complexity index is 552. The van der Waals surface area contributed by atoms with E-state index in [1.165, 1.54) is 12.1 Å². The van der Waals surface area contributed by atoms with Gasteiger partial charge in [-0.05, 0) is 17.7 Å². The molecule has 19 heavy (non-hydrogen) atoms. The van der Waals surface area contributed by atoms with Gasteiger partial charge in [0.05, 0.1) is 17.9 Å². The van der Waals surface area contributed by atoms with Crippen molar-refractivity contribution in [2.24, 2.45) is 5.73 Å². The Hall–Kier alpha value is -1.75. The fraction of sp³-hybridized carbons (Fsp3) is 0.429. The molecule has 0 saturated carbocycles. The molecule has 0 spiro atoms. The first-order valence-corrected chi connectivity index (χ1v) is 6.29. The zero-order valence-corrected chi connectivity index (χ0v) is 11.5. The molecule has 5 heteroatoms. The van der Waals surface area contributed by atoms with E-state index in [0.717, 1.165) is 17.0 Å². The molecule has 2 rings (SSSR count). The summed E-state index contributed by atoms with van der Waals surface area (Å²) >= 11 is 0. The predicted molar refractivity (Wildman–Crippen MR) is 72.1 cm³/mol. The Morgan fingerprint density at radius 1 is 1.21 bits per heavy atom. The lowest BCUT2D eigenvalue weighted by atomic mass is 9.90. The van der Waals surface area contributed by atoms with Crippen LogP contribution in [-0.4, -0.2) is 15.0 Å². The summed E-state index contributed by atoms with van der Waals surface area (Å²) in [5, 5.41) is 8.29. The third-order valence-electron chi connectivity index (χ3n) is 2.95. The van der Waals surface area contributed by atoms with Crippen LogP contribution in [-0.2, 0) is 18.5 Å². The molecular formula is C14H19FN4. The van der Waals surface area contributed by atoms with Crippen molar-refractivity contribution in [3.63, 3.8) is 0 Å². The molecule has 0 saturated heterocycles. The van der Waals surface area contributed by atoms with E-state index < -0.39 is 0 Å². The van der Waals surface area contributed by atoms with Crippen molar-refractivity contribution in [1.29, 1.82) is 0 Å². The molecule has 0 bridgehead atoms. The summed E-state index contributed by atoms with van der Waals surface area (Å²) < 4.78 is 14.7. The monoisotopic (exact) mass is 262 g/mol. The second-order valence-electron chi connectivity index (χ2n) is 5.62. The van der Waals surface area contributed by atoms with E-state index in [0.29, 0.717) is 13.1 Å². The highest BCUT2D eigenvalue weighted by molar-refractivity contribution is 5.22. The fourth-order valence-corrected chi connectivity index (χ4v) is 2.18. The van der Waals surface area contributed by atoms with Crippen LogP contribution in [0.5, 0.6) is 0 Å². The molecule has 0 atom stereocenters. The van der Waals surface area contributed by atoms with Gasteiger partial charge in [-0.2, -0.15) is 0 Å². The first kappa shape index (κ1) is 13.7. The zero-order chi connectivity index (χ0) is 14.0. The lowest BCUT2D eigenvalue weighted by Crippen LogP contribution is -2.21. The van der Waals surface area contributed by atoms with Crippen LogP contribution in [0.1, 0.15) is 37.7 Å². The van der Waals surface area contributed by atoms with Gasteiger partial charge in [-0.3, -0.25) is 0 Å². The zero-order valence-electron chi connectivity index (χ0n) is 11.5. The standard InChI is InChI=1S/C14H19FN4/c1-14(2,3)13-12(8-16)17-18-19(13)9-10-4-6-11(15)7-5-10/h4-7H,8-9,16H2,1-3H3. The van der Waals surface area contributed by atoms with Gasteiger partial charge >= 0.3 is 0 Å². The van der Waals surface area contributed by atoms with E-state index in [2.05, 4.69) is 31.1 Å². The smallest absolute Gasteiger partial charge is 0.123 e. The summed E-state index contributed by atoms with van der Waals surface area (Å²) in [5.41, 5.74) is 8.45. The van der Waals surface area contributed by atoms with Crippen LogP contribution in [0.15, 0.2) is 24.3 Å². The Labute approximate surface area is 112 Å². The van der Waals surface area contributed by atoms with E-state index in [-0.39, 0.29) is 11.2 Å². The van der Waals surface area contributed by atoms with Crippen molar-refractivity contribution >= 4 is 0 Å². The summed E-state index contributed by atoms with van der Waals surface area (Å²) in [7, 11) is 0. The van der Waals surface area contributed by atoms with Gasteiger partial charge in [0.2, 0.25) is 0 Å². The topological polar surface area (TPSA) is 56.7 Å². The number of hydrogen-bond donors (Lipinski definition) is 1. The molecule has 0 radical (unpaired) electrons. The molecule has 0 unspecified atom stereocenters. The minimum Gasteiger partial charge on any atom is -0.325 e. The lowest BCUT2D eigenvalue weighted by molar-refractivity contribution is 0.498. The predicted octanol–water partition coefficient (Wildman–Crippen LogP) is 2.22. The SMILES string of the molecule is CC(C)(C)c1c(CN)nnn1Cc1ccc(F)cc1. The van der Waals surface area contributed by atoms with Crippen LogP contribution in [0.4, 0.5) is 4.39 Å². The van der Waals surface area contributed by atoms with Gasteiger partial charge in [-0.25, -0.2) is 9.07 Å². The number of aromatic nitrogens is 3. The van der Waals surface area contributed by atoms with E-state index in [9.17, 15) is 4.39 Å². The molecule has 0 aliphatic heterocycles. The third-order valence-corrected chi connectivity index (χ3v) is 2.95. The Balaban J connectivity index is 2.35. The molecular weight excluding hydrogens is 243 g/mol. The van der Waals surface area contributed by atoms with Crippen molar-refractivity contribution in [1.82, 2.24) is 15.0 Å². The first-order valence-electron chi connectivity index (χ1n) is 6.29. The number of rotatable bonds is 3. The van der Waals surface area contributed by atoms with E-state index in [1.807, 2.05) is 4.68 Å². The molecule has 0 aliphatic rings. The second kappa shape index (κ2) is 5.09. The summed E-state index contributed by atoms with van der Waals surface area (Å²) in [6, 6.07) is 6.41. The minimum absolute atomic E-state index is 0.0851. The third kappa shape index (κ3) is 2.98. The lowest BCUT2D eigenvalue weighted by Gasteiger charge is -2.21. The van der Waals surface area contributed by atoms with Crippen molar-refractivity contribution < 1.29 is 4.39 Å². The summed E-state index contributed by atoms with van der Waals surface area (Å²) in [6.07, 6.45) is 0. The highest BCUT2D eigenvalue weighted by atomic mass is 19.1. The highest BCUT2D eigenvalue weighted by Gasteiger charge is 2.24. The summed E-state index contributed by atoms with van der Waals surface area (Å²) in [5.74, 6) is -0.235. The van der Waals surface area contributed by atoms with Crippen LogP contribution in [0.2, 0.25) is 0 Å². The molecule has 2 aromatic rings. The molecule has 4 nitrogen and oxygen atoms in total. The largest absolute Gasteiger partial charge is 0.325 e. The van der Waals surface area contributed by atoms with Gasteiger partial charge < -0.3 is 5.73 Å².